The van der Waals surface area contributed by atoms with Gasteiger partial charge in [-0.15, -0.1) is 0 Å². The number of likely N-dealkylation sites (N-methyl/N-ethyl adjacent to an activating group) is 1. The maximum Gasteiger partial charge on any atom is 0.241 e. The largest absolute Gasteiger partial charge is 0.495 e. The average Bonchev–Trinajstić information content (AvgIpc) is 2.56. The van der Waals surface area contributed by atoms with Gasteiger partial charge in [-0.1, -0.05) is 12.1 Å². The van der Waals surface area contributed by atoms with Crippen molar-refractivity contribution in [2.45, 2.75) is 26.4 Å². The molecular formula is C19H22F2N2O2. The highest BCUT2D eigenvalue weighted by atomic mass is 19.1. The normalized spacial score (nSPS) is 12.1. The van der Waals surface area contributed by atoms with E-state index in [0.717, 1.165) is 11.6 Å². The molecule has 1 atom stereocenters. The highest BCUT2D eigenvalue weighted by Crippen LogP contribution is 2.25. The number of anilines is 1. The number of hydrogen-bond donors (Lipinski definition) is 1. The second-order valence-corrected chi connectivity index (χ2v) is 6.02. The summed E-state index contributed by atoms with van der Waals surface area (Å²) in [5.41, 5.74) is 1.91. The van der Waals surface area contributed by atoms with Crippen LogP contribution in [-0.2, 0) is 11.3 Å². The van der Waals surface area contributed by atoms with Crippen LogP contribution in [0.3, 0.4) is 0 Å². The minimum Gasteiger partial charge on any atom is -0.495 e. The highest BCUT2D eigenvalue weighted by Gasteiger charge is 2.20. The number of nitrogens with zero attached hydrogens (tertiary/aromatic N) is 1. The third kappa shape index (κ3) is 4.76. The number of carbonyl (C=O) groups is 1. The number of methoxy groups -OCH3 is 1. The van der Waals surface area contributed by atoms with Crippen molar-refractivity contribution in [3.63, 3.8) is 0 Å². The van der Waals surface area contributed by atoms with Crippen molar-refractivity contribution < 1.29 is 18.3 Å². The van der Waals surface area contributed by atoms with E-state index in [1.165, 1.54) is 19.2 Å². The van der Waals surface area contributed by atoms with E-state index in [1.807, 2.05) is 19.1 Å². The van der Waals surface area contributed by atoms with Gasteiger partial charge in [0.2, 0.25) is 5.91 Å². The lowest BCUT2D eigenvalue weighted by Crippen LogP contribution is -2.39. The van der Waals surface area contributed by atoms with Crippen LogP contribution in [-0.4, -0.2) is 31.0 Å². The Labute approximate surface area is 146 Å². The van der Waals surface area contributed by atoms with Crippen molar-refractivity contribution >= 4 is 11.6 Å². The predicted octanol–water partition coefficient (Wildman–Crippen LogP) is 3.74. The van der Waals surface area contributed by atoms with Gasteiger partial charge in [0, 0.05) is 18.2 Å². The fourth-order valence-corrected chi connectivity index (χ4v) is 2.41. The zero-order chi connectivity index (χ0) is 18.6. The first-order chi connectivity index (χ1) is 11.8. The van der Waals surface area contributed by atoms with Crippen molar-refractivity contribution in [1.29, 1.82) is 0 Å². The maximum atomic E-state index is 13.8. The first-order valence-corrected chi connectivity index (χ1v) is 7.91. The molecule has 0 aliphatic carbocycles. The molecule has 2 aromatic rings. The molecule has 6 heteroatoms. The van der Waals surface area contributed by atoms with Crippen molar-refractivity contribution in [2.75, 3.05) is 19.5 Å². The van der Waals surface area contributed by atoms with Crippen LogP contribution in [0.5, 0.6) is 5.75 Å². The monoisotopic (exact) mass is 348 g/mol. The van der Waals surface area contributed by atoms with Gasteiger partial charge in [0.05, 0.1) is 18.8 Å². The van der Waals surface area contributed by atoms with Gasteiger partial charge >= 0.3 is 0 Å². The Kier molecular flexibility index (Phi) is 6.09. The molecule has 134 valence electrons. The Hall–Kier alpha value is -2.47. The molecule has 1 unspecified atom stereocenters. The van der Waals surface area contributed by atoms with Gasteiger partial charge in [0.15, 0.2) is 0 Å². The molecule has 0 saturated heterocycles. The lowest BCUT2D eigenvalue weighted by molar-refractivity contribution is -0.120. The van der Waals surface area contributed by atoms with Gasteiger partial charge in [-0.05, 0) is 44.7 Å². The van der Waals surface area contributed by atoms with Gasteiger partial charge in [-0.25, -0.2) is 8.78 Å². The molecule has 2 aromatic carbocycles. The van der Waals surface area contributed by atoms with Gasteiger partial charge < -0.3 is 10.1 Å². The molecule has 0 saturated carbocycles. The van der Waals surface area contributed by atoms with E-state index in [0.29, 0.717) is 17.0 Å². The quantitative estimate of drug-likeness (QED) is 0.865. The van der Waals surface area contributed by atoms with Crippen LogP contribution in [0.2, 0.25) is 0 Å². The zero-order valence-corrected chi connectivity index (χ0v) is 14.8. The third-order valence-electron chi connectivity index (χ3n) is 4.09. The number of carbonyl (C=O) groups excluding carboxylic acids is 1. The minimum atomic E-state index is -0.625. The molecule has 0 radical (unpaired) electrons. The van der Waals surface area contributed by atoms with E-state index < -0.39 is 17.7 Å². The van der Waals surface area contributed by atoms with Crippen LogP contribution < -0.4 is 10.1 Å². The Morgan fingerprint density at radius 1 is 1.24 bits per heavy atom. The van der Waals surface area contributed by atoms with Crippen molar-refractivity contribution in [2.24, 2.45) is 0 Å². The lowest BCUT2D eigenvalue weighted by atomic mass is 10.1. The summed E-state index contributed by atoms with van der Waals surface area (Å²) in [4.78, 5) is 14.2. The summed E-state index contributed by atoms with van der Waals surface area (Å²) in [5.74, 6) is -0.923. The summed E-state index contributed by atoms with van der Waals surface area (Å²) in [6.45, 7) is 3.83. The number of halogens is 2. The van der Waals surface area contributed by atoms with E-state index in [1.54, 1.807) is 24.9 Å². The number of ether oxygens (including phenoxy) is 1. The van der Waals surface area contributed by atoms with Crippen LogP contribution in [0.25, 0.3) is 0 Å². The lowest BCUT2D eigenvalue weighted by Gasteiger charge is -2.24. The number of hydrogen-bond acceptors (Lipinski definition) is 3. The van der Waals surface area contributed by atoms with Gasteiger partial charge in [-0.3, -0.25) is 9.69 Å². The molecule has 0 heterocycles. The molecular weight excluding hydrogens is 326 g/mol. The zero-order valence-electron chi connectivity index (χ0n) is 14.8. The third-order valence-corrected chi connectivity index (χ3v) is 4.09. The van der Waals surface area contributed by atoms with Crippen LogP contribution in [0.15, 0.2) is 36.4 Å². The standard InChI is InChI=1S/C19H22F2N2O2/c1-12-5-8-18(25-4)17(9-12)22-19(24)13(2)23(3)11-14-6-7-15(20)10-16(14)21/h5-10,13H,11H2,1-4H3,(H,22,24). The van der Waals surface area contributed by atoms with Crippen LogP contribution in [0.4, 0.5) is 14.5 Å². The molecule has 0 aromatic heterocycles. The number of benzene rings is 2. The number of rotatable bonds is 6. The molecule has 1 N–H and O–H groups in total. The Bertz CT molecular complexity index is 765. The van der Waals surface area contributed by atoms with E-state index >= 15 is 0 Å². The number of nitrogens with one attached hydrogen (secondary N) is 1. The van der Waals surface area contributed by atoms with Gasteiger partial charge in [0.25, 0.3) is 0 Å². The second-order valence-electron chi connectivity index (χ2n) is 6.02. The molecule has 0 fully saturated rings. The summed E-state index contributed by atoms with van der Waals surface area (Å²) < 4.78 is 32.0. The SMILES string of the molecule is COc1ccc(C)cc1NC(=O)C(C)N(C)Cc1ccc(F)cc1F. The van der Waals surface area contributed by atoms with Gasteiger partial charge in [-0.2, -0.15) is 0 Å². The molecule has 0 spiro atoms. The van der Waals surface area contributed by atoms with Gasteiger partial charge in [0.1, 0.15) is 17.4 Å². The molecule has 0 aliphatic rings. The predicted molar refractivity (Wildman–Crippen MR) is 93.6 cm³/mol. The smallest absolute Gasteiger partial charge is 0.241 e. The molecule has 0 bridgehead atoms. The van der Waals surface area contributed by atoms with E-state index in [2.05, 4.69) is 5.32 Å². The molecule has 1 amide bonds. The Balaban J connectivity index is 2.07. The van der Waals surface area contributed by atoms with Crippen molar-refractivity contribution in [1.82, 2.24) is 4.90 Å². The van der Waals surface area contributed by atoms with Crippen LogP contribution in [0.1, 0.15) is 18.1 Å². The first-order valence-electron chi connectivity index (χ1n) is 7.91. The van der Waals surface area contributed by atoms with Crippen LogP contribution >= 0.6 is 0 Å². The molecule has 2 rings (SSSR count). The van der Waals surface area contributed by atoms with Crippen molar-refractivity contribution in [3.05, 3.63) is 59.2 Å². The van der Waals surface area contributed by atoms with E-state index in [9.17, 15) is 13.6 Å². The summed E-state index contributed by atoms with van der Waals surface area (Å²) in [5, 5.41) is 2.83. The average molecular weight is 348 g/mol. The molecule has 0 aliphatic heterocycles. The fourth-order valence-electron chi connectivity index (χ4n) is 2.41. The first kappa shape index (κ1) is 18.9. The number of amides is 1. The Morgan fingerprint density at radius 3 is 2.60 bits per heavy atom. The van der Waals surface area contributed by atoms with Crippen LogP contribution in [0, 0.1) is 18.6 Å². The number of aryl methyl sites for hydroxylation is 1. The maximum absolute atomic E-state index is 13.8. The van der Waals surface area contributed by atoms with E-state index in [4.69, 9.17) is 4.74 Å². The minimum absolute atomic E-state index is 0.186. The summed E-state index contributed by atoms with van der Waals surface area (Å²) in [6, 6.07) is 8.40. The summed E-state index contributed by atoms with van der Waals surface area (Å²) in [6.07, 6.45) is 0. The summed E-state index contributed by atoms with van der Waals surface area (Å²) in [7, 11) is 3.24. The fraction of sp³-hybridized carbons (Fsp3) is 0.316. The molecule has 4 nitrogen and oxygen atoms in total. The topological polar surface area (TPSA) is 41.6 Å². The highest BCUT2D eigenvalue weighted by molar-refractivity contribution is 5.95. The second kappa shape index (κ2) is 8.07. The Morgan fingerprint density at radius 2 is 1.96 bits per heavy atom. The van der Waals surface area contributed by atoms with Crippen molar-refractivity contribution in [3.8, 4) is 5.75 Å². The summed E-state index contributed by atoms with van der Waals surface area (Å²) >= 11 is 0. The van der Waals surface area contributed by atoms with E-state index in [-0.39, 0.29) is 12.5 Å². The molecule has 25 heavy (non-hydrogen) atoms.